The number of hydrogen-bond acceptors (Lipinski definition) is 4. The number of aryl methyl sites for hydroxylation is 1. The molecule has 1 amide bonds. The summed E-state index contributed by atoms with van der Waals surface area (Å²) in [5.74, 6) is 2.25. The molecule has 138 valence electrons. The maximum Gasteiger partial charge on any atom is 0.253 e. The zero-order chi connectivity index (χ0) is 18.4. The zero-order valence-corrected chi connectivity index (χ0v) is 15.4. The third-order valence-corrected chi connectivity index (χ3v) is 6.06. The van der Waals surface area contributed by atoms with Crippen LogP contribution in [0.1, 0.15) is 22.3 Å². The number of carbonyl (C=O) groups is 1. The molecule has 0 aliphatic carbocycles. The van der Waals surface area contributed by atoms with Crippen LogP contribution in [0.25, 0.3) is 11.0 Å². The SMILES string of the molecule is Cc1c[nH]c2ncnc(N3CCC4CN(C(=O)c5ccccc5)CC4C3)c12. The Bertz CT molecular complexity index is 983. The highest BCUT2D eigenvalue weighted by molar-refractivity contribution is 5.94. The smallest absolute Gasteiger partial charge is 0.253 e. The molecular weight excluding hydrogens is 338 g/mol. The molecule has 2 aliphatic heterocycles. The lowest BCUT2D eigenvalue weighted by molar-refractivity contribution is 0.0784. The van der Waals surface area contributed by atoms with E-state index in [0.717, 1.165) is 55.0 Å². The van der Waals surface area contributed by atoms with Gasteiger partial charge in [0.1, 0.15) is 17.8 Å². The quantitative estimate of drug-likeness (QED) is 0.762. The first-order valence-corrected chi connectivity index (χ1v) is 9.58. The molecular formula is C21H23N5O. The number of nitrogens with one attached hydrogen (secondary N) is 1. The molecule has 3 aromatic rings. The number of likely N-dealkylation sites (tertiary alicyclic amines) is 1. The van der Waals surface area contributed by atoms with Gasteiger partial charge in [0, 0.05) is 37.9 Å². The van der Waals surface area contributed by atoms with Gasteiger partial charge in [0.15, 0.2) is 0 Å². The number of rotatable bonds is 2. The topological polar surface area (TPSA) is 65.1 Å². The predicted octanol–water partition coefficient (Wildman–Crippen LogP) is 2.86. The Balaban J connectivity index is 1.36. The third kappa shape index (κ3) is 2.76. The van der Waals surface area contributed by atoms with Crippen molar-refractivity contribution in [3.63, 3.8) is 0 Å². The van der Waals surface area contributed by atoms with E-state index in [1.807, 2.05) is 41.4 Å². The fraction of sp³-hybridized carbons (Fsp3) is 0.381. The summed E-state index contributed by atoms with van der Waals surface area (Å²) >= 11 is 0. The molecule has 5 rings (SSSR count). The van der Waals surface area contributed by atoms with E-state index in [1.165, 1.54) is 5.56 Å². The van der Waals surface area contributed by atoms with E-state index in [2.05, 4.69) is 26.8 Å². The fourth-order valence-corrected chi connectivity index (χ4v) is 4.63. The molecule has 1 N–H and O–H groups in total. The number of aromatic nitrogens is 3. The maximum atomic E-state index is 12.8. The molecule has 0 saturated carbocycles. The minimum atomic E-state index is 0.155. The largest absolute Gasteiger partial charge is 0.356 e. The molecule has 0 spiro atoms. The summed E-state index contributed by atoms with van der Waals surface area (Å²) in [6, 6.07) is 9.62. The average Bonchev–Trinajstić information content (AvgIpc) is 3.31. The van der Waals surface area contributed by atoms with Crippen LogP contribution >= 0.6 is 0 Å². The van der Waals surface area contributed by atoms with Gasteiger partial charge in [0.05, 0.1) is 5.39 Å². The van der Waals surface area contributed by atoms with Gasteiger partial charge in [-0.1, -0.05) is 18.2 Å². The summed E-state index contributed by atoms with van der Waals surface area (Å²) in [5.41, 5.74) is 2.86. The molecule has 2 unspecified atom stereocenters. The number of benzene rings is 1. The van der Waals surface area contributed by atoms with Gasteiger partial charge in [-0.15, -0.1) is 0 Å². The lowest BCUT2D eigenvalue weighted by atomic mass is 9.88. The third-order valence-electron chi connectivity index (χ3n) is 6.06. The number of nitrogens with zero attached hydrogens (tertiary/aromatic N) is 4. The Morgan fingerprint density at radius 1 is 1.11 bits per heavy atom. The van der Waals surface area contributed by atoms with Crippen molar-refractivity contribution in [3.8, 4) is 0 Å². The standard InChI is InChI=1S/C21H23N5O/c1-14-9-22-19-18(14)20(24-13-23-19)25-8-7-16-10-26(12-17(16)11-25)21(27)15-5-3-2-4-6-15/h2-6,9,13,16-17H,7-8,10-12H2,1H3,(H,22,23,24). The van der Waals surface area contributed by atoms with E-state index in [1.54, 1.807) is 6.33 Å². The molecule has 4 heterocycles. The normalized spacial score (nSPS) is 22.3. The first kappa shape index (κ1) is 16.3. The number of piperidine rings is 1. The van der Waals surface area contributed by atoms with Gasteiger partial charge in [-0.25, -0.2) is 9.97 Å². The van der Waals surface area contributed by atoms with Crippen molar-refractivity contribution in [1.29, 1.82) is 0 Å². The highest BCUT2D eigenvalue weighted by Crippen LogP contribution is 2.35. The van der Waals surface area contributed by atoms with Crippen LogP contribution < -0.4 is 4.90 Å². The van der Waals surface area contributed by atoms with Crippen molar-refractivity contribution in [1.82, 2.24) is 19.9 Å². The Hall–Kier alpha value is -2.89. The molecule has 6 nitrogen and oxygen atoms in total. The molecule has 6 heteroatoms. The van der Waals surface area contributed by atoms with Crippen LogP contribution in [-0.4, -0.2) is 51.9 Å². The van der Waals surface area contributed by atoms with E-state index >= 15 is 0 Å². The van der Waals surface area contributed by atoms with Crippen molar-refractivity contribution in [2.45, 2.75) is 13.3 Å². The molecule has 27 heavy (non-hydrogen) atoms. The van der Waals surface area contributed by atoms with E-state index in [0.29, 0.717) is 11.8 Å². The van der Waals surface area contributed by atoms with Crippen LogP contribution in [0.3, 0.4) is 0 Å². The van der Waals surface area contributed by atoms with E-state index < -0.39 is 0 Å². The van der Waals surface area contributed by atoms with Crippen molar-refractivity contribution in [2.75, 3.05) is 31.1 Å². The number of carbonyl (C=O) groups excluding carboxylic acids is 1. The summed E-state index contributed by atoms with van der Waals surface area (Å²) in [5, 5.41) is 1.12. The van der Waals surface area contributed by atoms with Crippen molar-refractivity contribution in [3.05, 3.63) is 54.0 Å². The molecule has 2 aromatic heterocycles. The number of hydrogen-bond donors (Lipinski definition) is 1. The molecule has 2 atom stereocenters. The predicted molar refractivity (Wildman–Crippen MR) is 105 cm³/mol. The van der Waals surface area contributed by atoms with E-state index in [-0.39, 0.29) is 5.91 Å². The van der Waals surface area contributed by atoms with Gasteiger partial charge in [0.25, 0.3) is 5.91 Å². The van der Waals surface area contributed by atoms with Crippen LogP contribution in [0.15, 0.2) is 42.9 Å². The second kappa shape index (κ2) is 6.37. The summed E-state index contributed by atoms with van der Waals surface area (Å²) < 4.78 is 0. The summed E-state index contributed by atoms with van der Waals surface area (Å²) in [6.07, 6.45) is 4.73. The molecule has 0 radical (unpaired) electrons. The van der Waals surface area contributed by atoms with Crippen LogP contribution in [0.2, 0.25) is 0 Å². The second-order valence-electron chi connectivity index (χ2n) is 7.72. The minimum Gasteiger partial charge on any atom is -0.356 e. The van der Waals surface area contributed by atoms with Crippen LogP contribution in [0, 0.1) is 18.8 Å². The number of anilines is 1. The van der Waals surface area contributed by atoms with Crippen LogP contribution in [0.5, 0.6) is 0 Å². The Labute approximate surface area is 158 Å². The Morgan fingerprint density at radius 2 is 1.93 bits per heavy atom. The molecule has 2 saturated heterocycles. The first-order chi connectivity index (χ1) is 13.2. The number of H-pyrrole nitrogens is 1. The van der Waals surface area contributed by atoms with Crippen molar-refractivity contribution in [2.24, 2.45) is 11.8 Å². The molecule has 2 fully saturated rings. The van der Waals surface area contributed by atoms with Gasteiger partial charge in [-0.05, 0) is 42.9 Å². The average molecular weight is 361 g/mol. The van der Waals surface area contributed by atoms with Crippen LogP contribution in [0.4, 0.5) is 5.82 Å². The summed E-state index contributed by atoms with van der Waals surface area (Å²) in [7, 11) is 0. The maximum absolute atomic E-state index is 12.8. The molecule has 2 aliphatic rings. The highest BCUT2D eigenvalue weighted by Gasteiger charge is 2.39. The Kier molecular flexibility index (Phi) is 3.85. The summed E-state index contributed by atoms with van der Waals surface area (Å²) in [6.45, 7) is 5.71. The number of aromatic amines is 1. The lowest BCUT2D eigenvalue weighted by Crippen LogP contribution is -2.40. The molecule has 1 aromatic carbocycles. The number of fused-ring (bicyclic) bond motifs is 2. The van der Waals surface area contributed by atoms with Crippen molar-refractivity contribution < 1.29 is 4.79 Å². The Morgan fingerprint density at radius 3 is 2.78 bits per heavy atom. The van der Waals surface area contributed by atoms with Gasteiger partial charge in [0.2, 0.25) is 0 Å². The van der Waals surface area contributed by atoms with Gasteiger partial charge < -0.3 is 14.8 Å². The molecule has 0 bridgehead atoms. The lowest BCUT2D eigenvalue weighted by Gasteiger charge is -2.35. The van der Waals surface area contributed by atoms with Gasteiger partial charge >= 0.3 is 0 Å². The monoisotopic (exact) mass is 361 g/mol. The van der Waals surface area contributed by atoms with Gasteiger partial charge in [-0.2, -0.15) is 0 Å². The van der Waals surface area contributed by atoms with E-state index in [9.17, 15) is 4.79 Å². The first-order valence-electron chi connectivity index (χ1n) is 9.58. The number of amides is 1. The van der Waals surface area contributed by atoms with Crippen molar-refractivity contribution >= 4 is 22.8 Å². The fourth-order valence-electron chi connectivity index (χ4n) is 4.63. The minimum absolute atomic E-state index is 0.155. The van der Waals surface area contributed by atoms with E-state index in [4.69, 9.17) is 0 Å². The second-order valence-corrected chi connectivity index (χ2v) is 7.72. The van der Waals surface area contributed by atoms with Crippen LogP contribution in [-0.2, 0) is 0 Å². The zero-order valence-electron chi connectivity index (χ0n) is 15.4. The summed E-state index contributed by atoms with van der Waals surface area (Å²) in [4.78, 5) is 29.4. The van der Waals surface area contributed by atoms with Gasteiger partial charge in [-0.3, -0.25) is 4.79 Å². The highest BCUT2D eigenvalue weighted by atomic mass is 16.2.